The molecule has 0 aliphatic rings. The smallest absolute Gasteiger partial charge is 0.0554 e. The fraction of sp³-hybridized carbons (Fsp3) is 0. The molecular formula is C64H40N2S. The number of aromatic nitrogens is 1. The van der Waals surface area contributed by atoms with Gasteiger partial charge in [0.05, 0.1) is 16.7 Å². The van der Waals surface area contributed by atoms with Gasteiger partial charge >= 0.3 is 0 Å². The lowest BCUT2D eigenvalue weighted by Gasteiger charge is -2.26. The summed E-state index contributed by atoms with van der Waals surface area (Å²) in [4.78, 5) is 2.41. The van der Waals surface area contributed by atoms with E-state index in [1.807, 2.05) is 11.3 Å². The highest BCUT2D eigenvalue weighted by molar-refractivity contribution is 7.26. The zero-order valence-electron chi connectivity index (χ0n) is 36.4. The molecule has 0 N–H and O–H groups in total. The van der Waals surface area contributed by atoms with Gasteiger partial charge in [-0.25, -0.2) is 0 Å². The van der Waals surface area contributed by atoms with Gasteiger partial charge in [-0.05, 0) is 144 Å². The van der Waals surface area contributed by atoms with Gasteiger partial charge in [0.2, 0.25) is 0 Å². The van der Waals surface area contributed by atoms with Crippen molar-refractivity contribution >= 4 is 113 Å². The maximum absolute atomic E-state index is 2.47. The number of para-hydroxylation sites is 1. The molecule has 67 heavy (non-hydrogen) atoms. The summed E-state index contributed by atoms with van der Waals surface area (Å²) < 4.78 is 5.07. The molecule has 312 valence electrons. The normalized spacial score (nSPS) is 11.9. The molecule has 14 aromatic rings. The Balaban J connectivity index is 0.952. The van der Waals surface area contributed by atoms with E-state index in [0.717, 1.165) is 17.1 Å². The van der Waals surface area contributed by atoms with E-state index < -0.39 is 0 Å². The summed E-state index contributed by atoms with van der Waals surface area (Å²) in [5, 5.41) is 15.2. The molecule has 0 fully saturated rings. The summed E-state index contributed by atoms with van der Waals surface area (Å²) in [7, 11) is 0. The first-order valence-corrected chi connectivity index (χ1v) is 23.8. The average molecular weight is 869 g/mol. The third kappa shape index (κ3) is 5.95. The van der Waals surface area contributed by atoms with Gasteiger partial charge in [-0.3, -0.25) is 0 Å². The molecule has 0 spiro atoms. The second kappa shape index (κ2) is 15.0. The Morgan fingerprint density at radius 3 is 1.60 bits per heavy atom. The van der Waals surface area contributed by atoms with Crippen molar-refractivity contribution in [1.29, 1.82) is 0 Å². The third-order valence-electron chi connectivity index (χ3n) is 13.9. The molecule has 0 aliphatic heterocycles. The lowest BCUT2D eigenvalue weighted by molar-refractivity contribution is 1.19. The van der Waals surface area contributed by atoms with E-state index >= 15 is 0 Å². The lowest BCUT2D eigenvalue weighted by atomic mass is 9.94. The van der Waals surface area contributed by atoms with E-state index in [2.05, 4.69) is 252 Å². The second-order valence-electron chi connectivity index (χ2n) is 17.6. The van der Waals surface area contributed by atoms with Gasteiger partial charge < -0.3 is 9.47 Å². The SMILES string of the molecule is c1ccc(N(c2ccc(-c3ccc4c(c3)c3cc(-c5cccc6ccccc56)ccc3n4-c3ccc4c5ccccc5c5ccccc5c4c3)cc2)c2cccc3sc4ccccc4c23)cc1. The molecule has 0 bridgehead atoms. The van der Waals surface area contributed by atoms with Gasteiger partial charge in [-0.15, -0.1) is 11.3 Å². The number of nitrogens with zero attached hydrogens (tertiary/aromatic N) is 2. The molecule has 0 aliphatic carbocycles. The molecule has 2 heterocycles. The van der Waals surface area contributed by atoms with Crippen molar-refractivity contribution < 1.29 is 0 Å². The monoisotopic (exact) mass is 868 g/mol. The van der Waals surface area contributed by atoms with Crippen molar-refractivity contribution in [3.05, 3.63) is 243 Å². The van der Waals surface area contributed by atoms with Crippen LogP contribution in [-0.2, 0) is 0 Å². The minimum absolute atomic E-state index is 1.12. The molecule has 0 amide bonds. The fourth-order valence-electron chi connectivity index (χ4n) is 10.9. The summed E-state index contributed by atoms with van der Waals surface area (Å²) in [6.45, 7) is 0. The molecule has 0 saturated carbocycles. The molecule has 0 radical (unpaired) electrons. The molecular weight excluding hydrogens is 829 g/mol. The van der Waals surface area contributed by atoms with Crippen LogP contribution in [-0.4, -0.2) is 4.57 Å². The first-order chi connectivity index (χ1) is 33.2. The first-order valence-electron chi connectivity index (χ1n) is 23.0. The Bertz CT molecular complexity index is 4230. The fourth-order valence-corrected chi connectivity index (χ4v) is 12.0. The van der Waals surface area contributed by atoms with Crippen LogP contribution in [0.4, 0.5) is 17.1 Å². The Kier molecular flexibility index (Phi) is 8.49. The number of hydrogen-bond acceptors (Lipinski definition) is 2. The second-order valence-corrected chi connectivity index (χ2v) is 18.7. The first kappa shape index (κ1) is 37.8. The van der Waals surface area contributed by atoms with Crippen molar-refractivity contribution in [2.75, 3.05) is 4.90 Å². The summed E-state index contributed by atoms with van der Waals surface area (Å²) in [6, 6.07) is 89.6. The topological polar surface area (TPSA) is 8.17 Å². The molecule has 0 atom stereocenters. The van der Waals surface area contributed by atoms with Gasteiger partial charge in [0.1, 0.15) is 0 Å². The standard InChI is InChI=1S/C64H40N2S/c1-2-16-45(17-3-1)65(61-25-13-27-63-64(61)55-23-10-11-26-62(55)67-63)46-32-28-41(29-33-46)43-30-36-59-57(38-43)58-39-44(49-24-12-15-42-14-4-5-18-48(42)49)31-37-60(58)66(59)47-34-35-54-52-21-7-6-19-50(52)51-20-8-9-22-53(51)56(54)40-47/h1-40H. The molecule has 3 heteroatoms. The van der Waals surface area contributed by atoms with Gasteiger partial charge in [0.15, 0.2) is 0 Å². The minimum atomic E-state index is 1.12. The van der Waals surface area contributed by atoms with Crippen molar-refractivity contribution in [1.82, 2.24) is 4.57 Å². The van der Waals surface area contributed by atoms with E-state index in [1.54, 1.807) is 0 Å². The highest BCUT2D eigenvalue weighted by atomic mass is 32.1. The van der Waals surface area contributed by atoms with Crippen LogP contribution in [0.2, 0.25) is 0 Å². The summed E-state index contributed by atoms with van der Waals surface area (Å²) in [5.41, 5.74) is 11.8. The molecule has 2 nitrogen and oxygen atoms in total. The maximum atomic E-state index is 2.47. The zero-order valence-corrected chi connectivity index (χ0v) is 37.2. The van der Waals surface area contributed by atoms with Crippen LogP contribution < -0.4 is 4.90 Å². The van der Waals surface area contributed by atoms with Crippen LogP contribution in [0.15, 0.2) is 243 Å². The van der Waals surface area contributed by atoms with Crippen LogP contribution in [0.25, 0.3) is 113 Å². The molecule has 0 unspecified atom stereocenters. The highest BCUT2D eigenvalue weighted by Gasteiger charge is 2.20. The lowest BCUT2D eigenvalue weighted by Crippen LogP contribution is -2.10. The highest BCUT2D eigenvalue weighted by Crippen LogP contribution is 2.46. The predicted octanol–water partition coefficient (Wildman–Crippen LogP) is 18.6. The van der Waals surface area contributed by atoms with Crippen LogP contribution >= 0.6 is 11.3 Å². The van der Waals surface area contributed by atoms with E-state index in [9.17, 15) is 0 Å². The van der Waals surface area contributed by atoms with E-state index in [1.165, 1.54) is 113 Å². The summed E-state index contributed by atoms with van der Waals surface area (Å²) in [5.74, 6) is 0. The van der Waals surface area contributed by atoms with Gasteiger partial charge in [0.25, 0.3) is 0 Å². The Labute approximate surface area is 391 Å². The number of anilines is 3. The number of thiophene rings is 1. The molecule has 2 aromatic heterocycles. The van der Waals surface area contributed by atoms with Gasteiger partial charge in [-0.1, -0.05) is 164 Å². The van der Waals surface area contributed by atoms with Crippen LogP contribution in [0.3, 0.4) is 0 Å². The Morgan fingerprint density at radius 1 is 0.313 bits per heavy atom. The summed E-state index contributed by atoms with van der Waals surface area (Å²) in [6.07, 6.45) is 0. The van der Waals surface area contributed by atoms with E-state index in [4.69, 9.17) is 0 Å². The number of fused-ring (bicyclic) bond motifs is 13. The van der Waals surface area contributed by atoms with Crippen molar-refractivity contribution in [3.63, 3.8) is 0 Å². The van der Waals surface area contributed by atoms with Crippen molar-refractivity contribution in [2.45, 2.75) is 0 Å². The largest absolute Gasteiger partial charge is 0.310 e. The number of hydrogen-bond donors (Lipinski definition) is 0. The number of benzene rings is 12. The number of rotatable bonds is 6. The Hall–Kier alpha value is -8.50. The van der Waals surface area contributed by atoms with Crippen molar-refractivity contribution in [2.24, 2.45) is 0 Å². The predicted molar refractivity (Wildman–Crippen MR) is 289 cm³/mol. The quantitative estimate of drug-likeness (QED) is 0.151. The third-order valence-corrected chi connectivity index (χ3v) is 15.1. The van der Waals surface area contributed by atoms with E-state index in [-0.39, 0.29) is 0 Å². The molecule has 14 rings (SSSR count). The molecule has 0 saturated heterocycles. The van der Waals surface area contributed by atoms with Crippen molar-refractivity contribution in [3.8, 4) is 27.9 Å². The van der Waals surface area contributed by atoms with Gasteiger partial charge in [0, 0.05) is 48.0 Å². The average Bonchev–Trinajstić information content (AvgIpc) is 3.95. The minimum Gasteiger partial charge on any atom is -0.310 e. The van der Waals surface area contributed by atoms with Crippen LogP contribution in [0.5, 0.6) is 0 Å². The van der Waals surface area contributed by atoms with E-state index in [0.29, 0.717) is 0 Å². The Morgan fingerprint density at radius 2 is 0.851 bits per heavy atom. The van der Waals surface area contributed by atoms with Crippen LogP contribution in [0.1, 0.15) is 0 Å². The van der Waals surface area contributed by atoms with Crippen LogP contribution in [0, 0.1) is 0 Å². The molecule has 12 aromatic carbocycles. The summed E-state index contributed by atoms with van der Waals surface area (Å²) >= 11 is 1.86. The zero-order chi connectivity index (χ0) is 44.0. The van der Waals surface area contributed by atoms with Gasteiger partial charge in [-0.2, -0.15) is 0 Å². The maximum Gasteiger partial charge on any atom is 0.0554 e.